The molecule has 24 heavy (non-hydrogen) atoms. The maximum Gasteiger partial charge on any atom is 0.264 e. The van der Waals surface area contributed by atoms with Gasteiger partial charge in [-0.25, -0.2) is 8.78 Å². The second-order valence-corrected chi connectivity index (χ2v) is 5.61. The molecule has 0 aliphatic carbocycles. The van der Waals surface area contributed by atoms with Crippen molar-refractivity contribution in [3.05, 3.63) is 71.3 Å². The van der Waals surface area contributed by atoms with E-state index in [2.05, 4.69) is 10.5 Å². The van der Waals surface area contributed by atoms with Crippen molar-refractivity contribution in [1.29, 1.82) is 0 Å². The van der Waals surface area contributed by atoms with Gasteiger partial charge in [-0.2, -0.15) is 0 Å². The second-order valence-electron chi connectivity index (χ2n) is 5.61. The summed E-state index contributed by atoms with van der Waals surface area (Å²) in [6.07, 6.45) is -0.367. The Labute approximate surface area is 138 Å². The topological polar surface area (TPSA) is 50.7 Å². The molecule has 3 rings (SSSR count). The van der Waals surface area contributed by atoms with Crippen LogP contribution in [0.5, 0.6) is 0 Å². The fraction of sp³-hybridized carbons (Fsp3) is 0.222. The third kappa shape index (κ3) is 3.42. The average molecular weight is 330 g/mol. The van der Waals surface area contributed by atoms with Gasteiger partial charge in [0.2, 0.25) is 6.10 Å². The summed E-state index contributed by atoms with van der Waals surface area (Å²) in [4.78, 5) is 17.5. The van der Waals surface area contributed by atoms with Crippen molar-refractivity contribution in [2.24, 2.45) is 5.16 Å². The number of oxime groups is 1. The molecule has 2 atom stereocenters. The van der Waals surface area contributed by atoms with Crippen LogP contribution >= 0.6 is 0 Å². The first-order valence-corrected chi connectivity index (χ1v) is 7.58. The number of carbonyl (C=O) groups excluding carboxylic acids is 1. The first kappa shape index (κ1) is 16.1. The van der Waals surface area contributed by atoms with Crippen molar-refractivity contribution >= 4 is 11.6 Å². The minimum absolute atomic E-state index is 0.345. The molecular weight excluding hydrogens is 314 g/mol. The highest BCUT2D eigenvalue weighted by Gasteiger charge is 2.29. The number of halogens is 2. The van der Waals surface area contributed by atoms with E-state index in [0.717, 1.165) is 17.7 Å². The predicted octanol–water partition coefficient (Wildman–Crippen LogP) is 3.34. The Kier molecular flexibility index (Phi) is 4.55. The molecule has 2 aromatic rings. The smallest absolute Gasteiger partial charge is 0.264 e. The monoisotopic (exact) mass is 330 g/mol. The van der Waals surface area contributed by atoms with E-state index in [-0.39, 0.29) is 5.91 Å². The van der Waals surface area contributed by atoms with Crippen molar-refractivity contribution in [1.82, 2.24) is 5.32 Å². The van der Waals surface area contributed by atoms with E-state index >= 15 is 0 Å². The van der Waals surface area contributed by atoms with Crippen LogP contribution in [0.3, 0.4) is 0 Å². The van der Waals surface area contributed by atoms with Crippen molar-refractivity contribution in [2.45, 2.75) is 25.5 Å². The molecule has 0 spiro atoms. The summed E-state index contributed by atoms with van der Waals surface area (Å²) >= 11 is 0. The molecule has 0 unspecified atom stereocenters. The average Bonchev–Trinajstić information content (AvgIpc) is 3.08. The number of nitrogens with zero attached hydrogens (tertiary/aromatic N) is 1. The van der Waals surface area contributed by atoms with Gasteiger partial charge in [0.05, 0.1) is 11.8 Å². The Morgan fingerprint density at radius 2 is 1.96 bits per heavy atom. The Morgan fingerprint density at radius 3 is 2.67 bits per heavy atom. The van der Waals surface area contributed by atoms with Crippen LogP contribution in [-0.4, -0.2) is 17.7 Å². The van der Waals surface area contributed by atoms with Gasteiger partial charge in [-0.3, -0.25) is 4.79 Å². The second kappa shape index (κ2) is 6.78. The summed E-state index contributed by atoms with van der Waals surface area (Å²) in [6, 6.07) is 12.5. The number of benzene rings is 2. The van der Waals surface area contributed by atoms with E-state index in [1.807, 2.05) is 30.3 Å². The van der Waals surface area contributed by atoms with Crippen molar-refractivity contribution in [3.8, 4) is 0 Å². The molecule has 6 heteroatoms. The zero-order valence-electron chi connectivity index (χ0n) is 13.0. The van der Waals surface area contributed by atoms with Crippen LogP contribution in [0.4, 0.5) is 8.78 Å². The van der Waals surface area contributed by atoms with Crippen LogP contribution in [0.15, 0.2) is 53.7 Å². The molecule has 0 bridgehead atoms. The fourth-order valence-electron chi connectivity index (χ4n) is 2.49. The maximum atomic E-state index is 13.3. The molecule has 1 N–H and O–H groups in total. The van der Waals surface area contributed by atoms with Crippen molar-refractivity contribution < 1.29 is 18.4 Å². The zero-order valence-corrected chi connectivity index (χ0v) is 13.0. The molecule has 4 nitrogen and oxygen atoms in total. The summed E-state index contributed by atoms with van der Waals surface area (Å²) in [5, 5.41) is 6.69. The predicted molar refractivity (Wildman–Crippen MR) is 85.4 cm³/mol. The Hall–Kier alpha value is -2.76. The molecule has 1 heterocycles. The van der Waals surface area contributed by atoms with Gasteiger partial charge in [-0.15, -0.1) is 0 Å². The molecule has 0 saturated carbocycles. The number of hydrogen-bond donors (Lipinski definition) is 1. The largest absolute Gasteiger partial charge is 0.382 e. The van der Waals surface area contributed by atoms with Gasteiger partial charge in [-0.05, 0) is 30.2 Å². The van der Waals surface area contributed by atoms with Gasteiger partial charge in [0.15, 0.2) is 11.6 Å². The molecule has 0 radical (unpaired) electrons. The minimum Gasteiger partial charge on any atom is -0.382 e. The van der Waals surface area contributed by atoms with Crippen LogP contribution in [0, 0.1) is 11.6 Å². The van der Waals surface area contributed by atoms with E-state index in [9.17, 15) is 13.6 Å². The van der Waals surface area contributed by atoms with Crippen LogP contribution in [-0.2, 0) is 9.63 Å². The summed E-state index contributed by atoms with van der Waals surface area (Å²) in [6.45, 7) is 1.69. The zero-order chi connectivity index (χ0) is 17.1. The Balaban J connectivity index is 1.61. The molecule has 0 aromatic heterocycles. The number of hydrogen-bond acceptors (Lipinski definition) is 3. The van der Waals surface area contributed by atoms with Crippen LogP contribution < -0.4 is 5.32 Å². The highest BCUT2D eigenvalue weighted by molar-refractivity contribution is 6.04. The lowest BCUT2D eigenvalue weighted by atomic mass is 10.0. The highest BCUT2D eigenvalue weighted by Crippen LogP contribution is 2.19. The summed E-state index contributed by atoms with van der Waals surface area (Å²) < 4.78 is 26.3. The Morgan fingerprint density at radius 1 is 1.21 bits per heavy atom. The quantitative estimate of drug-likeness (QED) is 0.935. The molecule has 1 amide bonds. The molecule has 0 fully saturated rings. The summed E-state index contributed by atoms with van der Waals surface area (Å²) in [5.41, 5.74) is 2.09. The molecule has 124 valence electrons. The van der Waals surface area contributed by atoms with Gasteiger partial charge in [-0.1, -0.05) is 41.6 Å². The van der Waals surface area contributed by atoms with E-state index in [1.54, 1.807) is 6.92 Å². The minimum atomic E-state index is -0.944. The lowest BCUT2D eigenvalue weighted by Crippen LogP contribution is -2.36. The van der Waals surface area contributed by atoms with E-state index < -0.39 is 23.8 Å². The highest BCUT2D eigenvalue weighted by atomic mass is 19.2. The molecule has 0 saturated heterocycles. The molecule has 1 aliphatic rings. The van der Waals surface area contributed by atoms with Gasteiger partial charge in [0.1, 0.15) is 0 Å². The van der Waals surface area contributed by atoms with E-state index in [0.29, 0.717) is 17.7 Å². The third-order valence-electron chi connectivity index (χ3n) is 3.87. The molecule has 1 aliphatic heterocycles. The van der Waals surface area contributed by atoms with Crippen molar-refractivity contribution in [2.75, 3.05) is 0 Å². The van der Waals surface area contributed by atoms with E-state index in [1.165, 1.54) is 6.07 Å². The number of carbonyl (C=O) groups is 1. The molecular formula is C18H16F2N2O2. The lowest BCUT2D eigenvalue weighted by molar-refractivity contribution is -0.131. The van der Waals surface area contributed by atoms with E-state index in [4.69, 9.17) is 4.84 Å². The number of rotatable bonds is 4. The van der Waals surface area contributed by atoms with Gasteiger partial charge in [0, 0.05) is 6.42 Å². The van der Waals surface area contributed by atoms with Gasteiger partial charge >= 0.3 is 0 Å². The molecule has 2 aromatic carbocycles. The van der Waals surface area contributed by atoms with Crippen molar-refractivity contribution in [3.63, 3.8) is 0 Å². The van der Waals surface area contributed by atoms with Gasteiger partial charge < -0.3 is 10.2 Å². The summed E-state index contributed by atoms with van der Waals surface area (Å²) in [7, 11) is 0. The SMILES string of the molecule is C[C@H](NC(=O)[C@H]1CC(c2ccccc2)=NO1)c1ccc(F)c(F)c1. The van der Waals surface area contributed by atoms with Crippen LogP contribution in [0.2, 0.25) is 0 Å². The van der Waals surface area contributed by atoms with Crippen LogP contribution in [0.25, 0.3) is 0 Å². The Bertz CT molecular complexity index is 778. The summed E-state index contributed by atoms with van der Waals surface area (Å²) in [5.74, 6) is -2.21. The number of nitrogens with one attached hydrogen (secondary N) is 1. The van der Waals surface area contributed by atoms with Crippen LogP contribution in [0.1, 0.15) is 30.5 Å². The fourth-order valence-corrected chi connectivity index (χ4v) is 2.49. The first-order valence-electron chi connectivity index (χ1n) is 7.58. The standard InChI is InChI=1S/C18H16F2N2O2/c1-11(13-7-8-14(19)15(20)9-13)21-18(23)17-10-16(22-24-17)12-5-3-2-4-6-12/h2-9,11,17H,10H2,1H3,(H,21,23)/t11-,17+/m0/s1. The maximum absolute atomic E-state index is 13.3. The normalized spacial score (nSPS) is 17.8. The third-order valence-corrected chi connectivity index (χ3v) is 3.87. The van der Waals surface area contributed by atoms with Gasteiger partial charge in [0.25, 0.3) is 5.91 Å². The number of amides is 1. The first-order chi connectivity index (χ1) is 11.5. The lowest BCUT2D eigenvalue weighted by Gasteiger charge is -2.16.